The molecule has 6 nitrogen and oxygen atoms in total. The van der Waals surface area contributed by atoms with Gasteiger partial charge in [-0.1, -0.05) is 78.9 Å². The number of carboxylic acid groups (broad SMARTS) is 1. The summed E-state index contributed by atoms with van der Waals surface area (Å²) < 4.78 is 25.2. The van der Waals surface area contributed by atoms with E-state index in [0.29, 0.717) is 35.8 Å². The molecule has 0 aliphatic heterocycles. The van der Waals surface area contributed by atoms with Crippen molar-refractivity contribution in [1.82, 2.24) is 5.32 Å². The Morgan fingerprint density at radius 1 is 0.711 bits per heavy atom. The van der Waals surface area contributed by atoms with Gasteiger partial charge < -0.3 is 19.9 Å². The van der Waals surface area contributed by atoms with E-state index >= 15 is 0 Å². The van der Waals surface area contributed by atoms with Crippen molar-refractivity contribution < 1.29 is 28.6 Å². The number of carbonyl (C=O) groups excluding carboxylic acids is 1. The van der Waals surface area contributed by atoms with Crippen LogP contribution >= 0.6 is 0 Å². The van der Waals surface area contributed by atoms with Gasteiger partial charge >= 0.3 is 5.97 Å². The van der Waals surface area contributed by atoms with Crippen molar-refractivity contribution in [3.8, 4) is 11.5 Å². The summed E-state index contributed by atoms with van der Waals surface area (Å²) in [5.74, 6) is -1.02. The van der Waals surface area contributed by atoms with Gasteiger partial charge in [-0.25, -0.2) is 9.18 Å². The zero-order valence-corrected chi connectivity index (χ0v) is 20.7. The molecule has 0 bridgehead atoms. The van der Waals surface area contributed by atoms with E-state index < -0.39 is 23.7 Å². The summed E-state index contributed by atoms with van der Waals surface area (Å²) in [7, 11) is 0. The lowest BCUT2D eigenvalue weighted by Gasteiger charge is -2.17. The Morgan fingerprint density at radius 2 is 1.26 bits per heavy atom. The predicted molar refractivity (Wildman–Crippen MR) is 141 cm³/mol. The van der Waals surface area contributed by atoms with E-state index in [9.17, 15) is 19.1 Å². The zero-order valence-electron chi connectivity index (χ0n) is 20.7. The van der Waals surface area contributed by atoms with Crippen LogP contribution in [0.2, 0.25) is 0 Å². The Kier molecular flexibility index (Phi) is 9.07. The lowest BCUT2D eigenvalue weighted by Crippen LogP contribution is -2.43. The smallest absolute Gasteiger partial charge is 0.326 e. The summed E-state index contributed by atoms with van der Waals surface area (Å²) in [6.45, 7) is 0.655. The summed E-state index contributed by atoms with van der Waals surface area (Å²) >= 11 is 0. The molecule has 0 aliphatic carbocycles. The maximum atomic E-state index is 13.1. The minimum absolute atomic E-state index is 0.0468. The molecule has 2 N–H and O–H groups in total. The topological polar surface area (TPSA) is 84.9 Å². The second-order valence-corrected chi connectivity index (χ2v) is 8.80. The Balaban J connectivity index is 1.47. The number of carboxylic acids is 1. The molecule has 7 heteroatoms. The van der Waals surface area contributed by atoms with E-state index in [4.69, 9.17) is 9.47 Å². The molecule has 4 rings (SSSR count). The molecule has 0 unspecified atom stereocenters. The molecule has 0 heterocycles. The average Bonchev–Trinajstić information content (AvgIpc) is 2.93. The summed E-state index contributed by atoms with van der Waals surface area (Å²) in [5, 5.41) is 12.3. The number of carbonyl (C=O) groups is 2. The van der Waals surface area contributed by atoms with Gasteiger partial charge in [0.05, 0.1) is 6.42 Å². The molecule has 0 fully saturated rings. The molecule has 0 saturated carbocycles. The molecule has 4 aromatic carbocycles. The molecule has 38 heavy (non-hydrogen) atoms. The number of hydrogen-bond donors (Lipinski definition) is 2. The number of nitrogens with one attached hydrogen (secondary N) is 1. The molecule has 0 spiro atoms. The van der Waals surface area contributed by atoms with E-state index in [-0.39, 0.29) is 12.8 Å². The predicted octanol–water partition coefficient (Wildman–Crippen LogP) is 5.34. The number of benzene rings is 4. The van der Waals surface area contributed by atoms with Crippen molar-refractivity contribution in [3.05, 3.63) is 131 Å². The highest BCUT2D eigenvalue weighted by atomic mass is 19.1. The summed E-state index contributed by atoms with van der Waals surface area (Å²) in [4.78, 5) is 24.4. The molecular weight excluding hydrogens is 485 g/mol. The van der Waals surface area contributed by atoms with Crippen molar-refractivity contribution in [2.45, 2.75) is 32.1 Å². The third kappa shape index (κ3) is 7.93. The normalized spacial score (nSPS) is 11.4. The van der Waals surface area contributed by atoms with Crippen LogP contribution in [0.5, 0.6) is 11.5 Å². The summed E-state index contributed by atoms with van der Waals surface area (Å²) in [5.41, 5.74) is 3.22. The number of hydrogen-bond acceptors (Lipinski definition) is 4. The highest BCUT2D eigenvalue weighted by molar-refractivity contribution is 5.85. The van der Waals surface area contributed by atoms with E-state index in [1.54, 1.807) is 18.2 Å². The molecular formula is C31H28FNO5. The van der Waals surface area contributed by atoms with Gasteiger partial charge in [-0.3, -0.25) is 4.79 Å². The Bertz CT molecular complexity index is 1340. The fourth-order valence-electron chi connectivity index (χ4n) is 3.85. The number of halogens is 1. The molecule has 0 aliphatic rings. The lowest BCUT2D eigenvalue weighted by atomic mass is 10.0. The number of ether oxygens (including phenoxy) is 2. The van der Waals surface area contributed by atoms with Crippen LogP contribution in [0.3, 0.4) is 0 Å². The first-order valence-electron chi connectivity index (χ1n) is 12.2. The van der Waals surface area contributed by atoms with Crippen LogP contribution in [0, 0.1) is 5.82 Å². The average molecular weight is 514 g/mol. The Hall–Kier alpha value is -4.65. The van der Waals surface area contributed by atoms with Gasteiger partial charge in [-0.2, -0.15) is 0 Å². The van der Waals surface area contributed by atoms with Crippen LogP contribution < -0.4 is 14.8 Å². The lowest BCUT2D eigenvalue weighted by molar-refractivity contribution is -0.141. The monoisotopic (exact) mass is 513 g/mol. The summed E-state index contributed by atoms with van der Waals surface area (Å²) in [6.07, 6.45) is -0.00703. The highest BCUT2D eigenvalue weighted by Crippen LogP contribution is 2.30. The van der Waals surface area contributed by atoms with Crippen LogP contribution in [0.15, 0.2) is 103 Å². The van der Waals surface area contributed by atoms with Crippen LogP contribution in [-0.4, -0.2) is 23.0 Å². The van der Waals surface area contributed by atoms with Gasteiger partial charge in [0.25, 0.3) is 0 Å². The fraction of sp³-hybridized carbons (Fsp3) is 0.161. The van der Waals surface area contributed by atoms with Gasteiger partial charge in [0.1, 0.15) is 25.1 Å². The minimum Gasteiger partial charge on any atom is -0.485 e. The first-order chi connectivity index (χ1) is 18.5. The molecule has 1 amide bonds. The first-order valence-corrected chi connectivity index (χ1v) is 12.2. The van der Waals surface area contributed by atoms with E-state index in [1.807, 2.05) is 60.7 Å². The SMILES string of the molecule is O=C(Cc1ccc(F)cc1)N[C@H](Cc1ccc(OCc2ccccc2)c(OCc2ccccc2)c1)C(=O)O. The first kappa shape index (κ1) is 26.4. The van der Waals surface area contributed by atoms with Gasteiger partial charge in [0.2, 0.25) is 5.91 Å². The Labute approximate surface area is 220 Å². The maximum Gasteiger partial charge on any atom is 0.326 e. The Morgan fingerprint density at radius 3 is 1.84 bits per heavy atom. The van der Waals surface area contributed by atoms with Crippen LogP contribution in [0.25, 0.3) is 0 Å². The van der Waals surface area contributed by atoms with Crippen LogP contribution in [0.4, 0.5) is 4.39 Å². The number of amides is 1. The molecule has 0 saturated heterocycles. The van der Waals surface area contributed by atoms with E-state index in [0.717, 1.165) is 11.1 Å². The minimum atomic E-state index is -1.16. The second kappa shape index (κ2) is 13.1. The van der Waals surface area contributed by atoms with Gasteiger partial charge in [-0.15, -0.1) is 0 Å². The molecule has 4 aromatic rings. The van der Waals surface area contributed by atoms with E-state index in [2.05, 4.69) is 5.32 Å². The van der Waals surface area contributed by atoms with Gasteiger partial charge in [0.15, 0.2) is 11.5 Å². The van der Waals surface area contributed by atoms with Gasteiger partial charge in [0, 0.05) is 6.42 Å². The van der Waals surface area contributed by atoms with Crippen molar-refractivity contribution in [3.63, 3.8) is 0 Å². The second-order valence-electron chi connectivity index (χ2n) is 8.80. The largest absolute Gasteiger partial charge is 0.485 e. The van der Waals surface area contributed by atoms with Crippen molar-refractivity contribution in [1.29, 1.82) is 0 Å². The van der Waals surface area contributed by atoms with Crippen molar-refractivity contribution >= 4 is 11.9 Å². The highest BCUT2D eigenvalue weighted by Gasteiger charge is 2.21. The van der Waals surface area contributed by atoms with Crippen LogP contribution in [0.1, 0.15) is 22.3 Å². The van der Waals surface area contributed by atoms with E-state index in [1.165, 1.54) is 24.3 Å². The third-order valence-electron chi connectivity index (χ3n) is 5.83. The number of aliphatic carboxylic acids is 1. The molecule has 0 radical (unpaired) electrons. The maximum absolute atomic E-state index is 13.1. The van der Waals surface area contributed by atoms with Crippen molar-refractivity contribution in [2.75, 3.05) is 0 Å². The fourth-order valence-corrected chi connectivity index (χ4v) is 3.85. The standard InChI is InChI=1S/C31H28FNO5/c32-26-14-11-22(12-15-26)19-30(34)33-27(31(35)36)17-25-13-16-28(37-20-23-7-3-1-4-8-23)29(18-25)38-21-24-9-5-2-6-10-24/h1-16,18,27H,17,19-21H2,(H,33,34)(H,35,36)/t27-/m1/s1. The number of rotatable bonds is 12. The quantitative estimate of drug-likeness (QED) is 0.267. The molecule has 1 atom stereocenters. The summed E-state index contributed by atoms with van der Waals surface area (Å²) in [6, 6.07) is 29.0. The van der Waals surface area contributed by atoms with Crippen LogP contribution in [-0.2, 0) is 35.6 Å². The third-order valence-corrected chi connectivity index (χ3v) is 5.83. The zero-order chi connectivity index (χ0) is 26.7. The van der Waals surface area contributed by atoms with Gasteiger partial charge in [-0.05, 0) is 46.5 Å². The van der Waals surface area contributed by atoms with Crippen molar-refractivity contribution in [2.24, 2.45) is 0 Å². The molecule has 194 valence electrons. The molecule has 0 aromatic heterocycles.